The van der Waals surface area contributed by atoms with Gasteiger partial charge in [-0.2, -0.15) is 0 Å². The van der Waals surface area contributed by atoms with Gasteiger partial charge in [0, 0.05) is 31.1 Å². The van der Waals surface area contributed by atoms with Crippen LogP contribution in [0, 0.1) is 0 Å². The summed E-state index contributed by atoms with van der Waals surface area (Å²) in [6, 6.07) is 41.0. The Morgan fingerprint density at radius 2 is 1.07 bits per heavy atom. The maximum absolute atomic E-state index is 10.6. The lowest BCUT2D eigenvalue weighted by Crippen LogP contribution is -2.12. The minimum atomic E-state index is -0.969. The van der Waals surface area contributed by atoms with Crippen molar-refractivity contribution in [1.29, 1.82) is 0 Å². The Hall–Kier alpha value is -4.65. The van der Waals surface area contributed by atoms with Gasteiger partial charge in [0.15, 0.2) is 6.10 Å². The molecule has 0 saturated heterocycles. The lowest BCUT2D eigenvalue weighted by atomic mass is 9.97. The number of carboxylic acid groups (broad SMARTS) is 1. The van der Waals surface area contributed by atoms with Crippen LogP contribution in [-0.2, 0) is 9.53 Å². The molecule has 0 aliphatic rings. The van der Waals surface area contributed by atoms with E-state index in [2.05, 4.69) is 47.2 Å². The number of aliphatic carboxylic acids is 1. The molecule has 0 aliphatic heterocycles. The molecule has 3 atom stereocenters. The van der Waals surface area contributed by atoms with Crippen molar-refractivity contribution in [2.24, 2.45) is 5.73 Å². The van der Waals surface area contributed by atoms with Gasteiger partial charge in [0.25, 0.3) is 0 Å². The van der Waals surface area contributed by atoms with Gasteiger partial charge in [0.2, 0.25) is 0 Å². The number of ether oxygens (including phenoxy) is 1. The van der Waals surface area contributed by atoms with Crippen molar-refractivity contribution >= 4 is 5.97 Å². The molecule has 5 aromatic rings. The summed E-state index contributed by atoms with van der Waals surface area (Å²) in [5.41, 5.74) is 11.1. The van der Waals surface area contributed by atoms with Crippen LogP contribution in [0.25, 0.3) is 0 Å². The van der Waals surface area contributed by atoms with Crippen molar-refractivity contribution in [2.45, 2.75) is 32.4 Å². The monoisotopic (exact) mass is 549 g/mol. The number of methoxy groups -OCH3 is 1. The molecule has 3 N–H and O–H groups in total. The highest BCUT2D eigenvalue weighted by atomic mass is 16.5. The number of hydrogen-bond donors (Lipinski definition) is 2. The van der Waals surface area contributed by atoms with E-state index < -0.39 is 12.1 Å². The summed E-state index contributed by atoms with van der Waals surface area (Å²) < 4.78 is 4.80. The van der Waals surface area contributed by atoms with E-state index in [1.54, 1.807) is 30.5 Å². The van der Waals surface area contributed by atoms with Gasteiger partial charge in [-0.15, -0.1) is 0 Å². The van der Waals surface area contributed by atoms with E-state index in [0.717, 1.165) is 17.0 Å². The molecule has 0 radical (unpaired) electrons. The standard InChI is InChI=1S/C13H13N.C12H12N2.C9H10O3.CH4/c1-11(12-7-3-2-4-8-12)13-9-5-6-10-14-13;13-12(10-6-2-1-3-7-10)11-8-4-5-9-14-11;1-12-8(9(10)11)7-5-3-2-4-6-7;/h2-11H,1H3;1-9,12H,13H2;2-6,8H,1H3,(H,10,11);1H4/t11-;12-;;/m00../s1. The predicted octanol–water partition coefficient (Wildman–Crippen LogP) is 7.46. The smallest absolute Gasteiger partial charge is 0.337 e. The zero-order valence-corrected chi connectivity index (χ0v) is 22.7. The van der Waals surface area contributed by atoms with Gasteiger partial charge in [-0.3, -0.25) is 9.97 Å². The summed E-state index contributed by atoms with van der Waals surface area (Å²) in [5.74, 6) is -0.596. The average Bonchev–Trinajstić information content (AvgIpc) is 3.03. The second kappa shape index (κ2) is 17.8. The van der Waals surface area contributed by atoms with Crippen LogP contribution in [0.3, 0.4) is 0 Å². The van der Waals surface area contributed by atoms with Crippen LogP contribution in [0.5, 0.6) is 0 Å². The molecule has 0 saturated carbocycles. The molecule has 1 unspecified atom stereocenters. The fraction of sp³-hybridized carbons (Fsp3) is 0.171. The maximum atomic E-state index is 10.6. The Bertz CT molecular complexity index is 1210. The van der Waals surface area contributed by atoms with Crippen LogP contribution in [0.15, 0.2) is 140 Å². The van der Waals surface area contributed by atoms with Crippen LogP contribution >= 0.6 is 0 Å². The number of pyridine rings is 2. The van der Waals surface area contributed by atoms with E-state index >= 15 is 0 Å². The van der Waals surface area contributed by atoms with Gasteiger partial charge in [0.1, 0.15) is 0 Å². The molecule has 212 valence electrons. The molecular formula is C35H39N3O3. The summed E-state index contributed by atoms with van der Waals surface area (Å²) in [7, 11) is 1.38. The topological polar surface area (TPSA) is 98.3 Å². The third-order valence-electron chi connectivity index (χ3n) is 6.16. The molecule has 0 amide bonds. The molecule has 0 aliphatic carbocycles. The highest BCUT2D eigenvalue weighted by molar-refractivity contribution is 5.74. The molecule has 5 rings (SSSR count). The van der Waals surface area contributed by atoms with Gasteiger partial charge in [-0.05, 0) is 41.0 Å². The molecule has 41 heavy (non-hydrogen) atoms. The first-order valence-electron chi connectivity index (χ1n) is 13.0. The largest absolute Gasteiger partial charge is 0.479 e. The van der Waals surface area contributed by atoms with E-state index in [0.29, 0.717) is 11.5 Å². The minimum absolute atomic E-state index is 0. The van der Waals surface area contributed by atoms with Crippen molar-refractivity contribution in [2.75, 3.05) is 7.11 Å². The van der Waals surface area contributed by atoms with E-state index in [-0.39, 0.29) is 13.5 Å². The summed E-state index contributed by atoms with van der Waals surface area (Å²) in [4.78, 5) is 19.2. The van der Waals surface area contributed by atoms with Crippen LogP contribution in [-0.4, -0.2) is 28.2 Å². The third kappa shape index (κ3) is 10.4. The van der Waals surface area contributed by atoms with Crippen LogP contribution in [0.2, 0.25) is 0 Å². The predicted molar refractivity (Wildman–Crippen MR) is 165 cm³/mol. The van der Waals surface area contributed by atoms with Gasteiger partial charge in [-0.1, -0.05) is 117 Å². The van der Waals surface area contributed by atoms with Gasteiger partial charge in [-0.25, -0.2) is 4.79 Å². The number of aromatic nitrogens is 2. The first-order valence-corrected chi connectivity index (χ1v) is 13.0. The van der Waals surface area contributed by atoms with Crippen molar-refractivity contribution in [1.82, 2.24) is 9.97 Å². The zero-order chi connectivity index (χ0) is 28.6. The van der Waals surface area contributed by atoms with Gasteiger partial charge >= 0.3 is 5.97 Å². The molecule has 2 aromatic heterocycles. The van der Waals surface area contributed by atoms with E-state index in [1.165, 1.54) is 12.7 Å². The number of hydrogen-bond acceptors (Lipinski definition) is 5. The summed E-state index contributed by atoms with van der Waals surface area (Å²) in [6.07, 6.45) is 2.75. The molecule has 6 nitrogen and oxygen atoms in total. The Kier molecular flexibility index (Phi) is 14.2. The summed E-state index contributed by atoms with van der Waals surface area (Å²) >= 11 is 0. The van der Waals surface area contributed by atoms with Crippen molar-refractivity contribution in [3.05, 3.63) is 168 Å². The van der Waals surface area contributed by atoms with Crippen LogP contribution < -0.4 is 5.73 Å². The molecule has 3 aromatic carbocycles. The Balaban J connectivity index is 0.000000213. The van der Waals surface area contributed by atoms with Crippen molar-refractivity contribution < 1.29 is 14.6 Å². The first kappa shape index (κ1) is 32.6. The van der Waals surface area contributed by atoms with Crippen molar-refractivity contribution in [3.8, 4) is 0 Å². The Morgan fingerprint density at radius 1 is 0.659 bits per heavy atom. The van der Waals surface area contributed by atoms with Crippen molar-refractivity contribution in [3.63, 3.8) is 0 Å². The zero-order valence-electron chi connectivity index (χ0n) is 22.7. The van der Waals surface area contributed by atoms with Crippen LogP contribution in [0.1, 0.15) is 60.5 Å². The maximum Gasteiger partial charge on any atom is 0.337 e. The lowest BCUT2D eigenvalue weighted by molar-refractivity contribution is -0.148. The Morgan fingerprint density at radius 3 is 1.49 bits per heavy atom. The van der Waals surface area contributed by atoms with Gasteiger partial charge in [0.05, 0.1) is 11.7 Å². The quantitative estimate of drug-likeness (QED) is 0.219. The van der Waals surface area contributed by atoms with E-state index in [9.17, 15) is 4.79 Å². The molecule has 6 heteroatoms. The SMILES string of the molecule is C.COC(C(=O)O)c1ccccc1.C[C@@H](c1ccccc1)c1ccccn1.N[C@@H](c1ccccc1)c1ccccn1. The number of rotatable bonds is 7. The number of carbonyl (C=O) groups is 1. The average molecular weight is 550 g/mol. The van der Waals surface area contributed by atoms with E-state index in [4.69, 9.17) is 15.6 Å². The number of carboxylic acids is 1. The normalized spacial score (nSPS) is 12.1. The number of nitrogens with zero attached hydrogens (tertiary/aromatic N) is 2. The molecule has 2 heterocycles. The van der Waals surface area contributed by atoms with Crippen LogP contribution in [0.4, 0.5) is 0 Å². The third-order valence-corrected chi connectivity index (χ3v) is 6.16. The van der Waals surface area contributed by atoms with E-state index in [1.807, 2.05) is 79.0 Å². The summed E-state index contributed by atoms with van der Waals surface area (Å²) in [6.45, 7) is 2.18. The second-order valence-electron chi connectivity index (χ2n) is 8.89. The number of benzene rings is 3. The lowest BCUT2D eigenvalue weighted by Gasteiger charge is -2.10. The Labute approximate surface area is 243 Å². The fourth-order valence-electron chi connectivity index (χ4n) is 3.94. The van der Waals surface area contributed by atoms with Gasteiger partial charge < -0.3 is 15.6 Å². The fourth-order valence-corrected chi connectivity index (χ4v) is 3.94. The first-order chi connectivity index (χ1) is 19.5. The summed E-state index contributed by atoms with van der Waals surface area (Å²) in [5, 5.41) is 8.70. The second-order valence-corrected chi connectivity index (χ2v) is 8.89. The molecule has 0 bridgehead atoms. The minimum Gasteiger partial charge on any atom is -0.479 e. The highest BCUT2D eigenvalue weighted by Crippen LogP contribution is 2.21. The molecule has 0 spiro atoms. The molecule has 0 fully saturated rings. The molecular weight excluding hydrogens is 510 g/mol. The number of nitrogens with two attached hydrogens (primary N) is 1. The highest BCUT2D eigenvalue weighted by Gasteiger charge is 2.17.